The van der Waals surface area contributed by atoms with Crippen molar-refractivity contribution in [3.8, 4) is 39.1 Å². The maximum atomic E-state index is 6.46. The molecule has 10 radical (unpaired) electrons. The van der Waals surface area contributed by atoms with Gasteiger partial charge in [-0.25, -0.2) is 4.98 Å². The van der Waals surface area contributed by atoms with Crippen LogP contribution in [0.5, 0.6) is 0 Å². The summed E-state index contributed by atoms with van der Waals surface area (Å²) in [5, 5.41) is 3.79. The summed E-state index contributed by atoms with van der Waals surface area (Å²) in [5.74, 6) is 0.268. The summed E-state index contributed by atoms with van der Waals surface area (Å²) >= 11 is 1.86. The van der Waals surface area contributed by atoms with Crippen molar-refractivity contribution in [2.24, 2.45) is 0 Å². The van der Waals surface area contributed by atoms with Gasteiger partial charge in [-0.2, -0.15) is 0 Å². The first-order valence-corrected chi connectivity index (χ1v) is 19.0. The summed E-state index contributed by atoms with van der Waals surface area (Å²) in [6.07, 6.45) is 0. The molecule has 55 heavy (non-hydrogen) atoms. The molecule has 0 atom stereocenters. The molecule has 0 amide bonds. The maximum absolute atomic E-state index is 6.46. The number of hydrogen-bond acceptors (Lipinski definition) is 2. The number of nitrogens with zero attached hydrogens (tertiary/aromatic N) is 2. The van der Waals surface area contributed by atoms with Crippen LogP contribution in [-0.2, 0) is 5.21 Å². The van der Waals surface area contributed by atoms with E-state index in [0.29, 0.717) is 5.52 Å². The Hall–Kier alpha value is -5.71. The van der Waals surface area contributed by atoms with Gasteiger partial charge in [-0.1, -0.05) is 133 Å². The van der Waals surface area contributed by atoms with Gasteiger partial charge in [0.05, 0.1) is 50.3 Å². The van der Waals surface area contributed by atoms with Crippen molar-refractivity contribution in [2.75, 3.05) is 0 Å². The number of rotatable bonds is 6. The summed E-state index contributed by atoms with van der Waals surface area (Å²) in [6.45, 7) is 0. The molecule has 0 N–H and O–H groups in total. The van der Waals surface area contributed by atoms with Crippen molar-refractivity contribution in [2.45, 2.75) is 10.3 Å². The highest BCUT2D eigenvalue weighted by molar-refractivity contribution is 7.26. The van der Waals surface area contributed by atoms with Crippen molar-refractivity contribution in [3.63, 3.8) is 0 Å². The van der Waals surface area contributed by atoms with Crippen LogP contribution in [0.3, 0.4) is 0 Å². The number of imidazole rings is 1. The normalized spacial score (nSPS) is 12.4. The fraction of sp³-hybridized carbons (Fsp3) is 0.0426. The predicted molar refractivity (Wildman–Crippen MR) is 238 cm³/mol. The van der Waals surface area contributed by atoms with Crippen LogP contribution in [0.25, 0.3) is 91.8 Å². The third-order valence-electron chi connectivity index (χ3n) is 10.9. The van der Waals surface area contributed by atoms with Crippen LogP contribution in [0.1, 0.15) is 5.82 Å². The van der Waals surface area contributed by atoms with Crippen LogP contribution in [0.4, 0.5) is 0 Å². The SMILES string of the molecule is [B]C([B])([B])C([B])([B])c1nc2ccccc2n1-c1ccc(-c2ccc(-c3c4ccccc4c(-c4cccc5sc6ccccc6c45)c4ccccc34)cc2)cc1. The molecule has 0 saturated carbocycles. The highest BCUT2D eigenvalue weighted by atomic mass is 32.1. The highest BCUT2D eigenvalue weighted by Gasteiger charge is 2.36. The standard InChI is InChI=1S/C47H27B5N2S/c48-46(49,47(50,51)52)45-53-38-16-6-7-17-39(38)54(45)31-26-24-29(25-27-31)28-20-22-30(23-21-28)42-32-10-1-3-12-34(32)43(35-13-4-2-11-33(35)42)37-15-9-19-41-44(37)36-14-5-8-18-40(36)55-41/h1-27H. The Morgan fingerprint density at radius 1 is 0.455 bits per heavy atom. The van der Waals surface area contributed by atoms with E-state index in [-0.39, 0.29) is 5.82 Å². The van der Waals surface area contributed by atoms with Crippen LogP contribution in [0.2, 0.25) is 5.11 Å². The molecule has 2 nitrogen and oxygen atoms in total. The van der Waals surface area contributed by atoms with Crippen molar-refractivity contribution in [3.05, 3.63) is 170 Å². The Kier molecular flexibility index (Phi) is 7.80. The number of para-hydroxylation sites is 2. The molecule has 0 aliphatic carbocycles. The molecule has 0 fully saturated rings. The largest absolute Gasteiger partial charge is 0.297 e. The molecular formula is C47H27B5N2S. The summed E-state index contributed by atoms with van der Waals surface area (Å²) in [4.78, 5) is 4.71. The minimum absolute atomic E-state index is 0.268. The summed E-state index contributed by atoms with van der Waals surface area (Å²) < 4.78 is 4.47. The van der Waals surface area contributed by atoms with E-state index >= 15 is 0 Å². The van der Waals surface area contributed by atoms with Gasteiger partial charge in [0.15, 0.2) is 0 Å². The van der Waals surface area contributed by atoms with E-state index in [2.05, 4.69) is 127 Å². The molecule has 10 rings (SSSR count). The monoisotopic (exact) mass is 706 g/mol. The van der Waals surface area contributed by atoms with Gasteiger partial charge in [-0.05, 0) is 91.3 Å². The second kappa shape index (κ2) is 12.7. The summed E-state index contributed by atoms with van der Waals surface area (Å²) in [5.41, 5.74) is 9.37. The van der Waals surface area contributed by atoms with Crippen molar-refractivity contribution >= 4 is 103 Å². The molecule has 0 spiro atoms. The fourth-order valence-corrected chi connectivity index (χ4v) is 9.24. The molecule has 0 saturated heterocycles. The third kappa shape index (κ3) is 5.33. The second-order valence-electron chi connectivity index (χ2n) is 14.3. The highest BCUT2D eigenvalue weighted by Crippen LogP contribution is 2.48. The zero-order valence-corrected chi connectivity index (χ0v) is 30.6. The van der Waals surface area contributed by atoms with Crippen LogP contribution in [-0.4, -0.2) is 48.8 Å². The Bertz CT molecular complexity index is 3050. The zero-order chi connectivity index (χ0) is 37.5. The van der Waals surface area contributed by atoms with E-state index in [9.17, 15) is 0 Å². The van der Waals surface area contributed by atoms with E-state index in [4.69, 9.17) is 44.2 Å². The van der Waals surface area contributed by atoms with E-state index < -0.39 is 10.3 Å². The average molecular weight is 706 g/mol. The Balaban J connectivity index is 1.08. The molecule has 2 aromatic heterocycles. The van der Waals surface area contributed by atoms with Gasteiger partial charge in [0.1, 0.15) is 5.82 Å². The smallest absolute Gasteiger partial charge is 0.101 e. The van der Waals surface area contributed by atoms with Crippen molar-refractivity contribution < 1.29 is 0 Å². The number of fused-ring (bicyclic) bond motifs is 6. The molecule has 0 aliphatic heterocycles. The van der Waals surface area contributed by atoms with Crippen LogP contribution in [0.15, 0.2) is 164 Å². The zero-order valence-electron chi connectivity index (χ0n) is 29.8. The van der Waals surface area contributed by atoms with Crippen molar-refractivity contribution in [1.82, 2.24) is 9.55 Å². The van der Waals surface area contributed by atoms with Crippen LogP contribution < -0.4 is 0 Å². The first-order chi connectivity index (χ1) is 26.7. The average Bonchev–Trinajstić information content (AvgIpc) is 3.79. The van der Waals surface area contributed by atoms with Crippen LogP contribution >= 0.6 is 11.3 Å². The van der Waals surface area contributed by atoms with Gasteiger partial charge in [0.25, 0.3) is 0 Å². The topological polar surface area (TPSA) is 17.8 Å². The molecule has 0 bridgehead atoms. The molecular weight excluding hydrogens is 679 g/mol. The molecule has 246 valence electrons. The molecule has 8 heteroatoms. The van der Waals surface area contributed by atoms with E-state index in [1.54, 1.807) is 0 Å². The fourth-order valence-electron chi connectivity index (χ4n) is 8.10. The Morgan fingerprint density at radius 2 is 0.964 bits per heavy atom. The maximum Gasteiger partial charge on any atom is 0.101 e. The van der Waals surface area contributed by atoms with Gasteiger partial charge in [0, 0.05) is 25.9 Å². The van der Waals surface area contributed by atoms with Gasteiger partial charge in [-0.3, -0.25) is 4.57 Å². The molecule has 10 aromatic rings. The number of hydrogen-bond donors (Lipinski definition) is 0. The summed E-state index contributed by atoms with van der Waals surface area (Å²) in [7, 11) is 31.1. The van der Waals surface area contributed by atoms with Gasteiger partial charge >= 0.3 is 0 Å². The van der Waals surface area contributed by atoms with Gasteiger partial charge in [-0.15, -0.1) is 16.4 Å². The van der Waals surface area contributed by atoms with E-state index in [0.717, 1.165) is 27.9 Å². The second-order valence-corrected chi connectivity index (χ2v) is 15.4. The minimum atomic E-state index is -1.92. The van der Waals surface area contributed by atoms with Crippen LogP contribution in [0, 0.1) is 0 Å². The summed E-state index contributed by atoms with van der Waals surface area (Å²) in [6, 6.07) is 57.8. The predicted octanol–water partition coefficient (Wildman–Crippen LogP) is 10.8. The number of benzene rings is 8. The van der Waals surface area contributed by atoms with Gasteiger partial charge in [0.2, 0.25) is 0 Å². The Labute approximate surface area is 330 Å². The van der Waals surface area contributed by atoms with E-state index in [1.165, 1.54) is 58.4 Å². The van der Waals surface area contributed by atoms with E-state index in [1.807, 2.05) is 52.3 Å². The Morgan fingerprint density at radius 3 is 1.60 bits per heavy atom. The molecule has 0 aliphatic rings. The molecule has 2 heterocycles. The molecule has 8 aromatic carbocycles. The number of aromatic nitrogens is 2. The lowest BCUT2D eigenvalue weighted by Gasteiger charge is -2.41. The third-order valence-corrected chi connectivity index (χ3v) is 12.0. The van der Waals surface area contributed by atoms with Crippen molar-refractivity contribution in [1.29, 1.82) is 0 Å². The lowest BCUT2D eigenvalue weighted by atomic mass is 9.23. The minimum Gasteiger partial charge on any atom is -0.297 e. The van der Waals surface area contributed by atoms with Gasteiger partial charge < -0.3 is 0 Å². The molecule has 0 unspecified atom stereocenters. The lowest BCUT2D eigenvalue weighted by Crippen LogP contribution is -2.45. The first-order valence-electron chi connectivity index (χ1n) is 18.2. The first kappa shape index (κ1) is 33.8. The number of thiophene rings is 1. The lowest BCUT2D eigenvalue weighted by molar-refractivity contribution is 0.757. The quantitative estimate of drug-likeness (QED) is 0.124.